The summed E-state index contributed by atoms with van der Waals surface area (Å²) in [6.45, 7) is 9.27. The fourth-order valence-corrected chi connectivity index (χ4v) is 3.94. The molecule has 2 aliphatic rings. The zero-order chi connectivity index (χ0) is 15.6. The Kier molecular flexibility index (Phi) is 4.71. The van der Waals surface area contributed by atoms with Crippen LogP contribution in [0.1, 0.15) is 25.5 Å². The molecule has 3 rings (SSSR count). The predicted octanol–water partition coefficient (Wildman–Crippen LogP) is 2.39. The maximum Gasteiger partial charge on any atom is 0.126 e. The highest BCUT2D eigenvalue weighted by Crippen LogP contribution is 2.31. The van der Waals surface area contributed by atoms with Crippen molar-refractivity contribution in [2.24, 2.45) is 0 Å². The number of furan rings is 1. The Morgan fingerprint density at radius 2 is 2.00 bits per heavy atom. The van der Waals surface area contributed by atoms with Crippen LogP contribution in [0.25, 0.3) is 6.08 Å². The number of likely N-dealkylation sites (N-methyl/N-ethyl adjacent to an activating group) is 2. The minimum Gasteiger partial charge on any atom is -0.465 e. The molecule has 0 saturated carbocycles. The molecule has 0 aliphatic carbocycles. The monoisotopic (exact) mass is 303 g/mol. The molecular formula is C18H29N3O. The van der Waals surface area contributed by atoms with Gasteiger partial charge in [-0.3, -0.25) is 9.80 Å². The van der Waals surface area contributed by atoms with Gasteiger partial charge >= 0.3 is 0 Å². The molecule has 4 nitrogen and oxygen atoms in total. The number of piperazine rings is 1. The van der Waals surface area contributed by atoms with E-state index in [0.29, 0.717) is 5.54 Å². The van der Waals surface area contributed by atoms with Crippen LogP contribution in [0, 0.1) is 0 Å². The third-order valence-electron chi connectivity index (χ3n) is 5.38. The lowest BCUT2D eigenvalue weighted by molar-refractivity contribution is -0.0173. The van der Waals surface area contributed by atoms with Crippen molar-refractivity contribution < 1.29 is 4.42 Å². The van der Waals surface area contributed by atoms with Gasteiger partial charge in [-0.15, -0.1) is 0 Å². The smallest absolute Gasteiger partial charge is 0.126 e. The van der Waals surface area contributed by atoms with E-state index in [1.54, 1.807) is 6.26 Å². The van der Waals surface area contributed by atoms with E-state index in [9.17, 15) is 0 Å². The van der Waals surface area contributed by atoms with Gasteiger partial charge in [0.15, 0.2) is 0 Å². The van der Waals surface area contributed by atoms with E-state index in [-0.39, 0.29) is 0 Å². The Labute approximate surface area is 134 Å². The fraction of sp³-hybridized carbons (Fsp3) is 0.667. The van der Waals surface area contributed by atoms with E-state index in [4.69, 9.17) is 4.42 Å². The van der Waals surface area contributed by atoms with E-state index in [1.807, 2.05) is 12.1 Å². The molecule has 1 aromatic heterocycles. The Bertz CT molecular complexity index is 500. The van der Waals surface area contributed by atoms with Gasteiger partial charge in [0.25, 0.3) is 0 Å². The van der Waals surface area contributed by atoms with Gasteiger partial charge < -0.3 is 9.32 Å². The van der Waals surface area contributed by atoms with Gasteiger partial charge in [0.1, 0.15) is 5.76 Å². The lowest BCUT2D eigenvalue weighted by Gasteiger charge is -2.52. The van der Waals surface area contributed by atoms with Gasteiger partial charge in [0, 0.05) is 44.8 Å². The SMILES string of the molecule is C/C(=C\c1ccco1)CN1CCC2(CC1)CN(C)CCN2C. The topological polar surface area (TPSA) is 22.9 Å². The van der Waals surface area contributed by atoms with Crippen molar-refractivity contribution in [2.75, 3.05) is 53.4 Å². The van der Waals surface area contributed by atoms with Crippen LogP contribution in [0.2, 0.25) is 0 Å². The van der Waals surface area contributed by atoms with Gasteiger partial charge in [0.2, 0.25) is 0 Å². The molecule has 2 aliphatic heterocycles. The minimum absolute atomic E-state index is 0.405. The second-order valence-corrected chi connectivity index (χ2v) is 7.17. The summed E-state index contributed by atoms with van der Waals surface area (Å²) in [5.41, 5.74) is 1.78. The van der Waals surface area contributed by atoms with Crippen LogP contribution in [-0.4, -0.2) is 73.6 Å². The first-order valence-corrected chi connectivity index (χ1v) is 8.40. The molecule has 122 valence electrons. The Balaban J connectivity index is 1.55. The molecule has 1 spiro atoms. The third kappa shape index (κ3) is 3.45. The zero-order valence-electron chi connectivity index (χ0n) is 14.2. The molecule has 0 bridgehead atoms. The van der Waals surface area contributed by atoms with Gasteiger partial charge in [-0.05, 0) is 52.1 Å². The number of hydrogen-bond donors (Lipinski definition) is 0. The maximum absolute atomic E-state index is 5.40. The summed E-state index contributed by atoms with van der Waals surface area (Å²) in [6.07, 6.45) is 6.45. The Morgan fingerprint density at radius 1 is 1.23 bits per heavy atom. The van der Waals surface area contributed by atoms with E-state index in [2.05, 4.69) is 41.8 Å². The highest BCUT2D eigenvalue weighted by Gasteiger charge is 2.41. The van der Waals surface area contributed by atoms with Gasteiger partial charge in [0.05, 0.1) is 6.26 Å². The van der Waals surface area contributed by atoms with Crippen molar-refractivity contribution >= 4 is 6.08 Å². The molecule has 2 fully saturated rings. The molecule has 1 aromatic rings. The maximum atomic E-state index is 5.40. The average Bonchev–Trinajstić information content (AvgIpc) is 2.98. The highest BCUT2D eigenvalue weighted by atomic mass is 16.3. The van der Waals surface area contributed by atoms with Crippen LogP contribution in [-0.2, 0) is 0 Å². The van der Waals surface area contributed by atoms with Crippen LogP contribution in [0.3, 0.4) is 0 Å². The first-order valence-electron chi connectivity index (χ1n) is 8.40. The lowest BCUT2D eigenvalue weighted by Crippen LogP contribution is -2.63. The summed E-state index contributed by atoms with van der Waals surface area (Å²) >= 11 is 0. The van der Waals surface area contributed by atoms with Crippen molar-refractivity contribution in [3.8, 4) is 0 Å². The molecule has 0 amide bonds. The standard InChI is InChI=1S/C18H29N3O/c1-16(13-17-5-4-12-22-17)14-21-8-6-18(7-9-21)15-19(2)10-11-20(18)3/h4-5,12-13H,6-11,14-15H2,1-3H3/b16-13+. The summed E-state index contributed by atoms with van der Waals surface area (Å²) in [5, 5.41) is 0. The fourth-order valence-electron chi connectivity index (χ4n) is 3.94. The number of likely N-dealkylation sites (tertiary alicyclic amines) is 1. The number of rotatable bonds is 3. The molecular weight excluding hydrogens is 274 g/mol. The van der Waals surface area contributed by atoms with Crippen LogP contribution in [0.15, 0.2) is 28.4 Å². The Morgan fingerprint density at radius 3 is 2.68 bits per heavy atom. The first-order chi connectivity index (χ1) is 10.6. The van der Waals surface area contributed by atoms with Gasteiger partial charge in [-0.25, -0.2) is 0 Å². The molecule has 0 unspecified atom stereocenters. The van der Waals surface area contributed by atoms with E-state index < -0.39 is 0 Å². The van der Waals surface area contributed by atoms with E-state index >= 15 is 0 Å². The molecule has 0 aromatic carbocycles. The first kappa shape index (κ1) is 15.8. The number of hydrogen-bond acceptors (Lipinski definition) is 4. The molecule has 0 radical (unpaired) electrons. The summed E-state index contributed by atoms with van der Waals surface area (Å²) in [7, 11) is 4.57. The van der Waals surface area contributed by atoms with Crippen LogP contribution >= 0.6 is 0 Å². The zero-order valence-corrected chi connectivity index (χ0v) is 14.2. The number of nitrogens with zero attached hydrogens (tertiary/aromatic N) is 3. The van der Waals surface area contributed by atoms with E-state index in [0.717, 1.165) is 12.3 Å². The summed E-state index contributed by atoms with van der Waals surface area (Å²) in [4.78, 5) is 7.69. The molecule has 4 heteroatoms. The molecule has 0 atom stereocenters. The average molecular weight is 303 g/mol. The van der Waals surface area contributed by atoms with Crippen LogP contribution in [0.4, 0.5) is 0 Å². The molecule has 2 saturated heterocycles. The van der Waals surface area contributed by atoms with Crippen molar-refractivity contribution in [3.05, 3.63) is 29.7 Å². The van der Waals surface area contributed by atoms with Crippen molar-refractivity contribution in [3.63, 3.8) is 0 Å². The molecule has 22 heavy (non-hydrogen) atoms. The quantitative estimate of drug-likeness (QED) is 0.855. The second-order valence-electron chi connectivity index (χ2n) is 7.17. The van der Waals surface area contributed by atoms with Crippen LogP contribution < -0.4 is 0 Å². The second kappa shape index (κ2) is 6.57. The lowest BCUT2D eigenvalue weighted by atomic mass is 9.83. The van der Waals surface area contributed by atoms with Crippen molar-refractivity contribution in [1.82, 2.24) is 14.7 Å². The van der Waals surface area contributed by atoms with Gasteiger partial charge in [-0.2, -0.15) is 0 Å². The third-order valence-corrected chi connectivity index (χ3v) is 5.38. The minimum atomic E-state index is 0.405. The Hall–Kier alpha value is -1.10. The van der Waals surface area contributed by atoms with Crippen molar-refractivity contribution in [2.45, 2.75) is 25.3 Å². The molecule has 3 heterocycles. The highest BCUT2D eigenvalue weighted by molar-refractivity contribution is 5.46. The predicted molar refractivity (Wildman–Crippen MR) is 90.9 cm³/mol. The van der Waals surface area contributed by atoms with Gasteiger partial charge in [-0.1, -0.05) is 5.57 Å². The number of piperidine rings is 1. The van der Waals surface area contributed by atoms with Crippen LogP contribution in [0.5, 0.6) is 0 Å². The summed E-state index contributed by atoms with van der Waals surface area (Å²) < 4.78 is 5.40. The summed E-state index contributed by atoms with van der Waals surface area (Å²) in [5.74, 6) is 0.958. The largest absolute Gasteiger partial charge is 0.465 e. The normalized spacial score (nSPS) is 25.0. The van der Waals surface area contributed by atoms with Crippen molar-refractivity contribution in [1.29, 1.82) is 0 Å². The molecule has 0 N–H and O–H groups in total. The summed E-state index contributed by atoms with van der Waals surface area (Å²) in [6, 6.07) is 3.96. The van der Waals surface area contributed by atoms with E-state index in [1.165, 1.54) is 51.1 Å².